The molecule has 2 heterocycles. The summed E-state index contributed by atoms with van der Waals surface area (Å²) in [5.74, 6) is 0.365. The second-order valence-electron chi connectivity index (χ2n) is 9.66. The van der Waals surface area contributed by atoms with Crippen LogP contribution in [0.3, 0.4) is 0 Å². The molecule has 32 heavy (non-hydrogen) atoms. The van der Waals surface area contributed by atoms with E-state index in [4.69, 9.17) is 0 Å². The van der Waals surface area contributed by atoms with Gasteiger partial charge in [-0.2, -0.15) is 0 Å². The maximum atomic E-state index is 12.5. The first-order valence-electron chi connectivity index (χ1n) is 12.0. The molecule has 0 spiro atoms. The molecule has 2 fully saturated rings. The summed E-state index contributed by atoms with van der Waals surface area (Å²) < 4.78 is 0. The van der Waals surface area contributed by atoms with Gasteiger partial charge in [-0.1, -0.05) is 42.9 Å². The maximum Gasteiger partial charge on any atom is 0.229 e. The van der Waals surface area contributed by atoms with E-state index in [1.54, 1.807) is 11.0 Å². The van der Waals surface area contributed by atoms with Crippen molar-refractivity contribution in [1.29, 1.82) is 0 Å². The number of nitrogens with zero attached hydrogens (tertiary/aromatic N) is 3. The van der Waals surface area contributed by atoms with E-state index in [-0.39, 0.29) is 17.9 Å². The fraction of sp³-hybridized carbons (Fsp3) is 0.519. The number of amides is 1. The molecule has 5 heteroatoms. The van der Waals surface area contributed by atoms with Gasteiger partial charge in [-0.05, 0) is 49.0 Å². The molecule has 1 aliphatic carbocycles. The molecule has 2 aliphatic heterocycles. The van der Waals surface area contributed by atoms with Crippen LogP contribution in [0, 0.1) is 5.92 Å². The number of fused-ring (bicyclic) bond motifs is 2. The third-order valence-electron chi connectivity index (χ3n) is 7.24. The van der Waals surface area contributed by atoms with E-state index in [2.05, 4.69) is 40.7 Å². The van der Waals surface area contributed by atoms with Crippen molar-refractivity contribution in [2.24, 2.45) is 5.92 Å². The molecular weight excluding hydrogens is 398 g/mol. The van der Waals surface area contributed by atoms with Crippen LogP contribution in [-0.2, 0) is 4.79 Å². The van der Waals surface area contributed by atoms with Crippen molar-refractivity contribution in [2.75, 3.05) is 33.7 Å². The van der Waals surface area contributed by atoms with E-state index in [0.29, 0.717) is 17.8 Å². The molecule has 1 aromatic rings. The largest absolute Gasteiger partial charge is 0.508 e. The number of phenolic OH excluding ortho intramolecular Hbond substituents is 1. The highest BCUT2D eigenvalue weighted by atomic mass is 16.3. The number of carbonyl (C=O) groups excluding carboxylic acids is 1. The summed E-state index contributed by atoms with van der Waals surface area (Å²) in [5.41, 5.74) is 2.37. The molecule has 4 rings (SSSR count). The maximum absolute atomic E-state index is 12.5. The lowest BCUT2D eigenvalue weighted by atomic mass is 9.84. The molecule has 1 amide bonds. The summed E-state index contributed by atoms with van der Waals surface area (Å²) in [6.45, 7) is 7.05. The first kappa shape index (κ1) is 22.8. The lowest BCUT2D eigenvalue weighted by Gasteiger charge is -2.46. The number of hydrogen-bond donors (Lipinski definition) is 1. The topological polar surface area (TPSA) is 47.0 Å². The number of rotatable bonds is 6. The third kappa shape index (κ3) is 4.84. The molecule has 4 unspecified atom stereocenters. The van der Waals surface area contributed by atoms with Crippen LogP contribution in [0.1, 0.15) is 43.7 Å². The van der Waals surface area contributed by atoms with Crippen LogP contribution < -0.4 is 0 Å². The summed E-state index contributed by atoms with van der Waals surface area (Å²) in [6.07, 6.45) is 14.1. The average Bonchev–Trinajstić information content (AvgIpc) is 2.87. The Bertz CT molecular complexity index is 891. The van der Waals surface area contributed by atoms with Crippen molar-refractivity contribution >= 4 is 5.91 Å². The van der Waals surface area contributed by atoms with E-state index in [9.17, 15) is 9.90 Å². The lowest BCUT2D eigenvalue weighted by molar-refractivity contribution is -0.131. The average molecular weight is 436 g/mol. The Kier molecular flexibility index (Phi) is 7.17. The van der Waals surface area contributed by atoms with Gasteiger partial charge in [0.25, 0.3) is 0 Å². The van der Waals surface area contributed by atoms with E-state index < -0.39 is 0 Å². The first-order valence-corrected chi connectivity index (χ1v) is 12.0. The number of phenols is 1. The highest BCUT2D eigenvalue weighted by Gasteiger charge is 2.40. The van der Waals surface area contributed by atoms with Gasteiger partial charge in [0, 0.05) is 45.8 Å². The van der Waals surface area contributed by atoms with Gasteiger partial charge >= 0.3 is 0 Å². The van der Waals surface area contributed by atoms with Crippen LogP contribution in [0.2, 0.25) is 0 Å². The Balaban J connectivity index is 1.69. The molecular formula is C27H37N3O2. The Morgan fingerprint density at radius 2 is 2.09 bits per heavy atom. The van der Waals surface area contributed by atoms with Crippen molar-refractivity contribution in [1.82, 2.24) is 14.7 Å². The van der Waals surface area contributed by atoms with Crippen LogP contribution >= 0.6 is 0 Å². The molecule has 5 nitrogen and oxygen atoms in total. The normalized spacial score (nSPS) is 27.3. The van der Waals surface area contributed by atoms with Gasteiger partial charge in [-0.15, -0.1) is 6.58 Å². The summed E-state index contributed by atoms with van der Waals surface area (Å²) in [6, 6.07) is 8.82. The zero-order valence-corrected chi connectivity index (χ0v) is 19.5. The third-order valence-corrected chi connectivity index (χ3v) is 7.24. The van der Waals surface area contributed by atoms with E-state index in [1.165, 1.54) is 24.8 Å². The Morgan fingerprint density at radius 1 is 1.28 bits per heavy atom. The molecule has 2 bridgehead atoms. The molecule has 0 aromatic heterocycles. The zero-order valence-electron chi connectivity index (χ0n) is 19.5. The Labute approximate surface area is 192 Å². The minimum atomic E-state index is -0.0923. The highest BCUT2D eigenvalue weighted by molar-refractivity contribution is 5.80. The van der Waals surface area contributed by atoms with Crippen LogP contribution in [0.25, 0.3) is 0 Å². The van der Waals surface area contributed by atoms with E-state index in [0.717, 1.165) is 38.0 Å². The van der Waals surface area contributed by atoms with Gasteiger partial charge < -0.3 is 10.0 Å². The number of piperidine rings is 1. The second kappa shape index (κ2) is 10.1. The van der Waals surface area contributed by atoms with Crippen LogP contribution in [0.4, 0.5) is 0 Å². The summed E-state index contributed by atoms with van der Waals surface area (Å²) in [7, 11) is 3.64. The predicted octanol–water partition coefficient (Wildman–Crippen LogP) is 4.14. The molecule has 1 N–H and O–H groups in total. The molecule has 0 radical (unpaired) electrons. The number of allylic oxidation sites excluding steroid dienone is 1. The summed E-state index contributed by atoms with van der Waals surface area (Å²) >= 11 is 0. The van der Waals surface area contributed by atoms with Gasteiger partial charge in [0.15, 0.2) is 0 Å². The molecule has 172 valence electrons. The van der Waals surface area contributed by atoms with Gasteiger partial charge in [0.05, 0.1) is 12.0 Å². The Morgan fingerprint density at radius 3 is 2.78 bits per heavy atom. The molecule has 0 saturated carbocycles. The van der Waals surface area contributed by atoms with Crippen molar-refractivity contribution < 1.29 is 9.90 Å². The number of benzene rings is 1. The minimum absolute atomic E-state index is 0.0905. The predicted molar refractivity (Wildman–Crippen MR) is 129 cm³/mol. The summed E-state index contributed by atoms with van der Waals surface area (Å²) in [4.78, 5) is 19.4. The Hall–Kier alpha value is -2.37. The highest BCUT2D eigenvalue weighted by Crippen LogP contribution is 2.42. The standard InChI is InChI=1S/C27H37N3O2/c1-4-16-29-17-15-23-8-6-9-24(19-29)30(23)26(22-7-5-10-25(31)18-22)20-11-13-21(14-12-20)27(32)28(2)3/h4-5,7,10-13,18,21,23-24,26,31H,1,6,8-9,14-17,19H2,2-3H3. The SMILES string of the molecule is C=CCN1CCC2CCCC(C1)N2C(C1=CCC(C(=O)N(C)C)C=C1)c1cccc(O)c1. The van der Waals surface area contributed by atoms with Gasteiger partial charge in [0.1, 0.15) is 5.75 Å². The van der Waals surface area contributed by atoms with Crippen LogP contribution in [-0.4, -0.2) is 71.5 Å². The van der Waals surface area contributed by atoms with E-state index in [1.807, 2.05) is 32.3 Å². The quantitative estimate of drug-likeness (QED) is 0.683. The summed E-state index contributed by atoms with van der Waals surface area (Å²) in [5, 5.41) is 10.3. The monoisotopic (exact) mass is 435 g/mol. The van der Waals surface area contributed by atoms with Crippen LogP contribution in [0.5, 0.6) is 5.75 Å². The van der Waals surface area contributed by atoms with Crippen molar-refractivity contribution in [3.05, 3.63) is 66.3 Å². The molecule has 3 aliphatic rings. The fourth-order valence-electron chi connectivity index (χ4n) is 5.74. The molecule has 1 aromatic carbocycles. The number of hydrogen-bond acceptors (Lipinski definition) is 4. The number of aromatic hydroxyl groups is 1. The van der Waals surface area contributed by atoms with Gasteiger partial charge in [0.2, 0.25) is 5.91 Å². The van der Waals surface area contributed by atoms with Crippen LogP contribution in [0.15, 0.2) is 60.7 Å². The lowest BCUT2D eigenvalue weighted by Crippen LogP contribution is -2.50. The van der Waals surface area contributed by atoms with Gasteiger partial charge in [-0.25, -0.2) is 0 Å². The van der Waals surface area contributed by atoms with E-state index >= 15 is 0 Å². The van der Waals surface area contributed by atoms with Crippen molar-refractivity contribution in [2.45, 2.75) is 50.2 Å². The molecule has 4 atom stereocenters. The second-order valence-corrected chi connectivity index (χ2v) is 9.66. The van der Waals surface area contributed by atoms with Gasteiger partial charge in [-0.3, -0.25) is 14.6 Å². The fourth-order valence-corrected chi connectivity index (χ4v) is 5.74. The van der Waals surface area contributed by atoms with Crippen molar-refractivity contribution in [3.8, 4) is 5.75 Å². The molecule has 2 saturated heterocycles. The minimum Gasteiger partial charge on any atom is -0.508 e. The van der Waals surface area contributed by atoms with Crippen molar-refractivity contribution in [3.63, 3.8) is 0 Å². The smallest absolute Gasteiger partial charge is 0.229 e. The number of carbonyl (C=O) groups is 1. The zero-order chi connectivity index (χ0) is 22.7. The first-order chi connectivity index (χ1) is 15.5.